The quantitative estimate of drug-likeness (QED) is 0.347. The van der Waals surface area contributed by atoms with Crippen molar-refractivity contribution in [2.75, 3.05) is 31.1 Å². The van der Waals surface area contributed by atoms with Crippen molar-refractivity contribution in [3.05, 3.63) is 119 Å². The lowest BCUT2D eigenvalue weighted by Gasteiger charge is -2.37. The van der Waals surface area contributed by atoms with E-state index in [1.54, 1.807) is 78.0 Å². The maximum Gasteiger partial charge on any atom is 0.416 e. The van der Waals surface area contributed by atoms with Crippen molar-refractivity contribution in [1.82, 2.24) is 9.88 Å². The summed E-state index contributed by atoms with van der Waals surface area (Å²) in [6.07, 6.45) is -1.21. The first-order valence-electron chi connectivity index (χ1n) is 12.4. The smallest absolute Gasteiger partial charge is 0.416 e. The zero-order valence-corrected chi connectivity index (χ0v) is 20.8. The molecule has 39 heavy (non-hydrogen) atoms. The Kier molecular flexibility index (Phi) is 7.15. The number of anilines is 1. The molecule has 1 aliphatic heterocycles. The van der Waals surface area contributed by atoms with E-state index in [2.05, 4.69) is 4.98 Å². The third kappa shape index (κ3) is 5.67. The van der Waals surface area contributed by atoms with Crippen molar-refractivity contribution < 1.29 is 28.2 Å². The van der Waals surface area contributed by atoms with E-state index in [1.807, 2.05) is 4.90 Å². The number of phenols is 2. The molecule has 1 amide bonds. The van der Waals surface area contributed by atoms with Crippen LogP contribution >= 0.6 is 0 Å². The molecule has 0 atom stereocenters. The molecule has 0 spiro atoms. The van der Waals surface area contributed by atoms with Crippen molar-refractivity contribution in [2.45, 2.75) is 12.1 Å². The largest absolute Gasteiger partial charge is 0.508 e. The van der Waals surface area contributed by atoms with E-state index in [9.17, 15) is 28.2 Å². The topological polar surface area (TPSA) is 76.9 Å². The number of nitrogens with zero attached hydrogens (tertiary/aromatic N) is 3. The van der Waals surface area contributed by atoms with Gasteiger partial charge in [-0.2, -0.15) is 13.2 Å². The first-order valence-corrected chi connectivity index (χ1v) is 12.4. The third-order valence-corrected chi connectivity index (χ3v) is 6.95. The number of rotatable bonds is 5. The second-order valence-electron chi connectivity index (χ2n) is 9.41. The molecule has 3 aromatic carbocycles. The van der Waals surface area contributed by atoms with Gasteiger partial charge in [0.2, 0.25) is 0 Å². The normalized spacial score (nSPS) is 14.1. The Bertz CT molecular complexity index is 1400. The molecule has 0 aliphatic carbocycles. The van der Waals surface area contributed by atoms with E-state index in [0.29, 0.717) is 43.0 Å². The molecule has 9 heteroatoms. The molecule has 1 aromatic heterocycles. The predicted molar refractivity (Wildman–Crippen MR) is 141 cm³/mol. The number of hydrogen-bond acceptors (Lipinski definition) is 5. The van der Waals surface area contributed by atoms with Gasteiger partial charge < -0.3 is 20.0 Å². The van der Waals surface area contributed by atoms with Gasteiger partial charge in [0, 0.05) is 55.7 Å². The van der Waals surface area contributed by atoms with Gasteiger partial charge in [0.1, 0.15) is 11.5 Å². The van der Waals surface area contributed by atoms with Crippen LogP contribution < -0.4 is 4.90 Å². The summed E-state index contributed by atoms with van der Waals surface area (Å²) in [7, 11) is 0. The van der Waals surface area contributed by atoms with E-state index in [1.165, 1.54) is 6.07 Å². The van der Waals surface area contributed by atoms with Crippen molar-refractivity contribution >= 4 is 11.6 Å². The van der Waals surface area contributed by atoms with E-state index in [4.69, 9.17) is 0 Å². The van der Waals surface area contributed by atoms with Gasteiger partial charge in [0.15, 0.2) is 0 Å². The number of pyridine rings is 1. The lowest BCUT2D eigenvalue weighted by Crippen LogP contribution is -2.49. The van der Waals surface area contributed by atoms with Gasteiger partial charge in [-0.05, 0) is 65.2 Å². The maximum atomic E-state index is 13.8. The molecule has 1 saturated heterocycles. The number of carbonyl (C=O) groups excluding carboxylic acids is 1. The molecule has 0 bridgehead atoms. The second kappa shape index (κ2) is 10.7. The summed E-state index contributed by atoms with van der Waals surface area (Å²) in [6, 6.07) is 20.3. The van der Waals surface area contributed by atoms with E-state index in [-0.39, 0.29) is 17.4 Å². The number of hydrogen-bond donors (Lipinski definition) is 2. The van der Waals surface area contributed by atoms with Gasteiger partial charge in [-0.3, -0.25) is 9.78 Å². The summed E-state index contributed by atoms with van der Waals surface area (Å²) in [4.78, 5) is 21.6. The molecular weight excluding hydrogens is 507 g/mol. The highest BCUT2D eigenvalue weighted by Gasteiger charge is 2.32. The summed E-state index contributed by atoms with van der Waals surface area (Å²) in [5.41, 5.74) is 2.56. The van der Waals surface area contributed by atoms with Crippen LogP contribution in [0.1, 0.15) is 38.5 Å². The van der Waals surface area contributed by atoms with Crippen LogP contribution in [0, 0.1) is 0 Å². The fraction of sp³-hybridized carbons (Fsp3) is 0.200. The van der Waals surface area contributed by atoms with Crippen LogP contribution in [0.3, 0.4) is 0 Å². The zero-order chi connectivity index (χ0) is 27.6. The second-order valence-corrected chi connectivity index (χ2v) is 9.41. The van der Waals surface area contributed by atoms with Crippen molar-refractivity contribution in [2.24, 2.45) is 0 Å². The number of carbonyl (C=O) groups is 1. The molecule has 2 heterocycles. The summed E-state index contributed by atoms with van der Waals surface area (Å²) in [5, 5.41) is 19.6. The first-order chi connectivity index (χ1) is 18.7. The number of aromatic hydroxyl groups is 2. The van der Waals surface area contributed by atoms with Gasteiger partial charge in [0.05, 0.1) is 5.56 Å². The lowest BCUT2D eigenvalue weighted by molar-refractivity contribution is -0.137. The minimum absolute atomic E-state index is 0.115. The summed E-state index contributed by atoms with van der Waals surface area (Å²) >= 11 is 0. The molecule has 6 nitrogen and oxygen atoms in total. The Morgan fingerprint density at radius 1 is 0.821 bits per heavy atom. The molecular formula is C30H26F3N3O3. The average Bonchev–Trinajstić information content (AvgIpc) is 2.95. The van der Waals surface area contributed by atoms with E-state index < -0.39 is 17.7 Å². The fourth-order valence-corrected chi connectivity index (χ4v) is 4.93. The fourth-order valence-electron chi connectivity index (χ4n) is 4.93. The SMILES string of the molecule is O=C(c1ccncc1C(c1ccc(O)cc1)c1ccc(O)cc1)N1CCN(c2cccc(C(F)(F)F)c2)CC1. The van der Waals surface area contributed by atoms with Crippen molar-refractivity contribution in [3.63, 3.8) is 0 Å². The number of piperazine rings is 1. The van der Waals surface area contributed by atoms with Gasteiger partial charge in [0.25, 0.3) is 5.91 Å². The minimum atomic E-state index is -4.42. The third-order valence-electron chi connectivity index (χ3n) is 6.95. The molecule has 1 fully saturated rings. The number of benzene rings is 3. The highest BCUT2D eigenvalue weighted by atomic mass is 19.4. The molecule has 0 radical (unpaired) electrons. The zero-order valence-electron chi connectivity index (χ0n) is 20.8. The maximum absolute atomic E-state index is 13.8. The lowest BCUT2D eigenvalue weighted by atomic mass is 9.83. The molecule has 1 aliphatic rings. The van der Waals surface area contributed by atoms with Crippen LogP contribution in [0.2, 0.25) is 0 Å². The van der Waals surface area contributed by atoms with Gasteiger partial charge in [-0.15, -0.1) is 0 Å². The number of aromatic nitrogens is 1. The predicted octanol–water partition coefficient (Wildman–Crippen LogP) is 5.65. The van der Waals surface area contributed by atoms with Crippen LogP contribution in [0.4, 0.5) is 18.9 Å². The van der Waals surface area contributed by atoms with Crippen LogP contribution in [0.15, 0.2) is 91.3 Å². The van der Waals surface area contributed by atoms with Gasteiger partial charge in [-0.1, -0.05) is 30.3 Å². The van der Waals surface area contributed by atoms with Crippen LogP contribution in [-0.4, -0.2) is 52.2 Å². The summed E-state index contributed by atoms with van der Waals surface area (Å²) in [6.45, 7) is 1.49. The molecule has 0 saturated carbocycles. The summed E-state index contributed by atoms with van der Waals surface area (Å²) < 4.78 is 39.5. The van der Waals surface area contributed by atoms with Crippen LogP contribution in [-0.2, 0) is 6.18 Å². The van der Waals surface area contributed by atoms with E-state index in [0.717, 1.165) is 23.3 Å². The highest BCUT2D eigenvalue weighted by molar-refractivity contribution is 5.96. The standard InChI is InChI=1S/C30H26F3N3O3/c31-30(32,33)22-2-1-3-23(18-22)35-14-16-36(17-15-35)29(39)26-12-13-34-19-27(26)28(20-4-8-24(37)9-5-20)21-6-10-25(38)11-7-21/h1-13,18-19,28,37-38H,14-17H2. The van der Waals surface area contributed by atoms with Crippen LogP contribution in [0.5, 0.6) is 11.5 Å². The van der Waals surface area contributed by atoms with Crippen molar-refractivity contribution in [3.8, 4) is 11.5 Å². The number of alkyl halides is 3. The molecule has 5 rings (SSSR count). The monoisotopic (exact) mass is 533 g/mol. The van der Waals surface area contributed by atoms with Gasteiger partial charge >= 0.3 is 6.18 Å². The molecule has 4 aromatic rings. The Morgan fingerprint density at radius 2 is 1.41 bits per heavy atom. The highest BCUT2D eigenvalue weighted by Crippen LogP contribution is 2.36. The average molecular weight is 534 g/mol. The molecule has 0 unspecified atom stereocenters. The van der Waals surface area contributed by atoms with Gasteiger partial charge in [-0.25, -0.2) is 0 Å². The number of phenolic OH excluding ortho intramolecular Hbond substituents is 2. The Balaban J connectivity index is 1.41. The minimum Gasteiger partial charge on any atom is -0.508 e. The Labute approximate surface area is 223 Å². The number of halogens is 3. The Hall–Kier alpha value is -4.53. The Morgan fingerprint density at radius 3 is 1.97 bits per heavy atom. The van der Waals surface area contributed by atoms with E-state index >= 15 is 0 Å². The van der Waals surface area contributed by atoms with Crippen molar-refractivity contribution in [1.29, 1.82) is 0 Å². The first kappa shape index (κ1) is 26.1. The van der Waals surface area contributed by atoms with Crippen LogP contribution in [0.25, 0.3) is 0 Å². The molecule has 200 valence electrons. The number of amides is 1. The molecule has 2 N–H and O–H groups in total. The summed E-state index contributed by atoms with van der Waals surface area (Å²) in [5.74, 6) is -0.363.